The number of pyridine rings is 1. The van der Waals surface area contributed by atoms with E-state index in [-0.39, 0.29) is 12.1 Å². The average Bonchev–Trinajstić information content (AvgIpc) is 3.14. The molecule has 6 heteroatoms. The van der Waals surface area contributed by atoms with Crippen molar-refractivity contribution < 1.29 is 9.90 Å². The summed E-state index contributed by atoms with van der Waals surface area (Å²) in [4.78, 5) is 32.0. The zero-order valence-electron chi connectivity index (χ0n) is 15.6. The Labute approximate surface area is 163 Å². The molecule has 1 aliphatic rings. The molecule has 28 heavy (non-hydrogen) atoms. The number of fused-ring (bicyclic) bond motifs is 1. The van der Waals surface area contributed by atoms with Gasteiger partial charge in [0.1, 0.15) is 11.2 Å². The van der Waals surface area contributed by atoms with E-state index in [0.717, 1.165) is 18.4 Å². The monoisotopic (exact) mass is 377 g/mol. The number of amides is 1. The molecule has 0 atom stereocenters. The summed E-state index contributed by atoms with van der Waals surface area (Å²) in [5.74, 6) is -0.403. The lowest BCUT2D eigenvalue weighted by Crippen LogP contribution is -2.45. The van der Waals surface area contributed by atoms with Gasteiger partial charge in [0.25, 0.3) is 11.5 Å². The van der Waals surface area contributed by atoms with Crippen LogP contribution in [-0.2, 0) is 6.54 Å². The molecular weight excluding hydrogens is 354 g/mol. The number of benzene rings is 1. The summed E-state index contributed by atoms with van der Waals surface area (Å²) in [5.41, 5.74) is 0.165. The van der Waals surface area contributed by atoms with Gasteiger partial charge in [-0.05, 0) is 30.5 Å². The van der Waals surface area contributed by atoms with Crippen LogP contribution in [0.25, 0.3) is 5.65 Å². The highest BCUT2D eigenvalue weighted by Gasteiger charge is 2.35. The molecule has 2 aromatic heterocycles. The summed E-state index contributed by atoms with van der Waals surface area (Å²) in [6, 6.07) is 14.9. The van der Waals surface area contributed by atoms with Crippen molar-refractivity contribution in [3.8, 4) is 0 Å². The standard InChI is InChI=1S/C22H23N3O3/c26-20(18-14-23-19-10-4-7-13-25(19)21(18)27)24(15-17-8-2-1-3-9-17)16-22(28)11-5-6-12-22/h1-4,7-10,13-14,28H,5-6,11-12,15-16H2. The fraction of sp³-hybridized carbons (Fsp3) is 0.318. The highest BCUT2D eigenvalue weighted by atomic mass is 16.3. The number of rotatable bonds is 5. The minimum atomic E-state index is -0.898. The summed E-state index contributed by atoms with van der Waals surface area (Å²) in [6.07, 6.45) is 6.18. The average molecular weight is 377 g/mol. The fourth-order valence-electron chi connectivity index (χ4n) is 3.89. The minimum absolute atomic E-state index is 0.0150. The topological polar surface area (TPSA) is 74.9 Å². The van der Waals surface area contributed by atoms with Gasteiger partial charge < -0.3 is 10.0 Å². The number of aromatic nitrogens is 2. The number of aliphatic hydroxyl groups is 1. The molecule has 1 amide bonds. The second kappa shape index (κ2) is 7.56. The predicted octanol–water partition coefficient (Wildman–Crippen LogP) is 2.64. The largest absolute Gasteiger partial charge is 0.388 e. The molecule has 1 N–H and O–H groups in total. The highest BCUT2D eigenvalue weighted by molar-refractivity contribution is 5.93. The fourth-order valence-corrected chi connectivity index (χ4v) is 3.89. The quantitative estimate of drug-likeness (QED) is 0.742. The zero-order valence-corrected chi connectivity index (χ0v) is 15.6. The number of carbonyl (C=O) groups is 1. The van der Waals surface area contributed by atoms with Gasteiger partial charge in [-0.15, -0.1) is 0 Å². The molecule has 1 fully saturated rings. The first-order chi connectivity index (χ1) is 13.6. The lowest BCUT2D eigenvalue weighted by Gasteiger charge is -2.31. The first kappa shape index (κ1) is 18.4. The van der Waals surface area contributed by atoms with E-state index in [1.54, 1.807) is 29.3 Å². The first-order valence-corrected chi connectivity index (χ1v) is 9.58. The molecule has 144 valence electrons. The van der Waals surface area contributed by atoms with Crippen molar-refractivity contribution in [3.63, 3.8) is 0 Å². The molecule has 0 saturated heterocycles. The van der Waals surface area contributed by atoms with Crippen LogP contribution in [0.4, 0.5) is 0 Å². The highest BCUT2D eigenvalue weighted by Crippen LogP contribution is 2.31. The summed E-state index contributed by atoms with van der Waals surface area (Å²) in [6.45, 7) is 0.538. The molecule has 3 aromatic rings. The Morgan fingerprint density at radius 2 is 1.82 bits per heavy atom. The molecule has 4 rings (SSSR count). The first-order valence-electron chi connectivity index (χ1n) is 9.58. The molecule has 0 aliphatic heterocycles. The molecule has 1 aliphatic carbocycles. The van der Waals surface area contributed by atoms with E-state index < -0.39 is 17.1 Å². The Morgan fingerprint density at radius 3 is 2.57 bits per heavy atom. The van der Waals surface area contributed by atoms with Crippen LogP contribution in [-0.4, -0.2) is 37.4 Å². The van der Waals surface area contributed by atoms with Gasteiger partial charge in [-0.1, -0.05) is 49.2 Å². The smallest absolute Gasteiger partial charge is 0.270 e. The van der Waals surface area contributed by atoms with E-state index in [9.17, 15) is 14.7 Å². The maximum absolute atomic E-state index is 13.3. The van der Waals surface area contributed by atoms with Crippen LogP contribution < -0.4 is 5.56 Å². The SMILES string of the molecule is O=C(c1cnc2ccccn2c1=O)N(Cc1ccccc1)CC1(O)CCCC1. The Hall–Kier alpha value is -2.99. The maximum Gasteiger partial charge on any atom is 0.270 e. The third kappa shape index (κ3) is 3.68. The van der Waals surface area contributed by atoms with Gasteiger partial charge in [-0.25, -0.2) is 4.98 Å². The summed E-state index contributed by atoms with van der Waals surface area (Å²) in [5, 5.41) is 10.9. The number of carbonyl (C=O) groups excluding carboxylic acids is 1. The molecule has 0 bridgehead atoms. The van der Waals surface area contributed by atoms with E-state index in [4.69, 9.17) is 0 Å². The van der Waals surface area contributed by atoms with Crippen molar-refractivity contribution in [2.75, 3.05) is 6.54 Å². The molecule has 1 aromatic carbocycles. The van der Waals surface area contributed by atoms with Gasteiger partial charge in [0.05, 0.1) is 12.1 Å². The molecule has 0 radical (unpaired) electrons. The second-order valence-corrected chi connectivity index (χ2v) is 7.48. The van der Waals surface area contributed by atoms with E-state index >= 15 is 0 Å². The number of hydrogen-bond donors (Lipinski definition) is 1. The molecule has 0 spiro atoms. The van der Waals surface area contributed by atoms with E-state index in [1.165, 1.54) is 10.6 Å². The van der Waals surface area contributed by atoms with E-state index in [1.807, 2.05) is 30.3 Å². The van der Waals surface area contributed by atoms with Gasteiger partial charge in [0.2, 0.25) is 0 Å². The van der Waals surface area contributed by atoms with Gasteiger partial charge in [0.15, 0.2) is 0 Å². The maximum atomic E-state index is 13.3. The van der Waals surface area contributed by atoms with Crippen molar-refractivity contribution in [2.24, 2.45) is 0 Å². The Kier molecular flexibility index (Phi) is 4.96. The summed E-state index contributed by atoms with van der Waals surface area (Å²) in [7, 11) is 0. The van der Waals surface area contributed by atoms with Crippen LogP contribution in [0.5, 0.6) is 0 Å². The molecule has 6 nitrogen and oxygen atoms in total. The Morgan fingerprint density at radius 1 is 1.11 bits per heavy atom. The van der Waals surface area contributed by atoms with Crippen molar-refractivity contribution >= 4 is 11.6 Å². The molecule has 1 saturated carbocycles. The van der Waals surface area contributed by atoms with Crippen LogP contribution >= 0.6 is 0 Å². The third-order valence-corrected chi connectivity index (χ3v) is 5.37. The van der Waals surface area contributed by atoms with Crippen LogP contribution in [0.3, 0.4) is 0 Å². The van der Waals surface area contributed by atoms with Crippen molar-refractivity contribution in [1.29, 1.82) is 0 Å². The predicted molar refractivity (Wildman–Crippen MR) is 106 cm³/mol. The van der Waals surface area contributed by atoms with Crippen molar-refractivity contribution in [3.05, 3.63) is 82.4 Å². The summed E-state index contributed by atoms with van der Waals surface area (Å²) >= 11 is 0. The van der Waals surface area contributed by atoms with E-state index in [0.29, 0.717) is 25.0 Å². The Balaban J connectivity index is 1.70. The lowest BCUT2D eigenvalue weighted by molar-refractivity contribution is 0.00776. The normalized spacial score (nSPS) is 15.6. The van der Waals surface area contributed by atoms with Crippen molar-refractivity contribution in [1.82, 2.24) is 14.3 Å². The van der Waals surface area contributed by atoms with Gasteiger partial charge in [0, 0.05) is 18.9 Å². The van der Waals surface area contributed by atoms with Crippen LogP contribution in [0.2, 0.25) is 0 Å². The Bertz CT molecular complexity index is 1040. The zero-order chi connectivity index (χ0) is 19.6. The molecule has 0 unspecified atom stereocenters. The van der Waals surface area contributed by atoms with Crippen LogP contribution in [0, 0.1) is 0 Å². The number of hydrogen-bond acceptors (Lipinski definition) is 4. The second-order valence-electron chi connectivity index (χ2n) is 7.48. The molecular formula is C22H23N3O3. The number of nitrogens with zero attached hydrogens (tertiary/aromatic N) is 3. The van der Waals surface area contributed by atoms with Gasteiger partial charge in [-0.2, -0.15) is 0 Å². The lowest BCUT2D eigenvalue weighted by atomic mass is 10.0. The van der Waals surface area contributed by atoms with Crippen LogP contribution in [0.1, 0.15) is 41.6 Å². The van der Waals surface area contributed by atoms with E-state index in [2.05, 4.69) is 4.98 Å². The third-order valence-electron chi connectivity index (χ3n) is 5.37. The van der Waals surface area contributed by atoms with Crippen molar-refractivity contribution in [2.45, 2.75) is 37.8 Å². The minimum Gasteiger partial charge on any atom is -0.388 e. The van der Waals surface area contributed by atoms with Crippen LogP contribution in [0.15, 0.2) is 65.7 Å². The van der Waals surface area contributed by atoms with Gasteiger partial charge in [-0.3, -0.25) is 14.0 Å². The molecule has 2 heterocycles. The van der Waals surface area contributed by atoms with Gasteiger partial charge >= 0.3 is 0 Å². The summed E-state index contributed by atoms with van der Waals surface area (Å²) < 4.78 is 1.37.